The molecule has 21 heavy (non-hydrogen) atoms. The Morgan fingerprint density at radius 3 is 2.57 bits per heavy atom. The first-order valence-corrected chi connectivity index (χ1v) is 8.61. The number of rotatable bonds is 4. The standard InChI is InChI=1S/C18H19BrClN/c1-2-18(12-3-6-15(19)7-4-12)21-17-10-13-5-8-16(20)9-14(13)11-17/h3-9,17-18,21H,2,10-11H2,1H3. The molecule has 1 nitrogen and oxygen atoms in total. The number of halogens is 2. The average Bonchev–Trinajstić information content (AvgIpc) is 2.87. The van der Waals surface area contributed by atoms with Crippen LogP contribution < -0.4 is 5.32 Å². The van der Waals surface area contributed by atoms with Crippen LogP contribution in [0.1, 0.15) is 36.1 Å². The largest absolute Gasteiger partial charge is 0.307 e. The van der Waals surface area contributed by atoms with Crippen LogP contribution >= 0.6 is 27.5 Å². The van der Waals surface area contributed by atoms with E-state index >= 15 is 0 Å². The molecule has 0 aliphatic heterocycles. The quantitative estimate of drug-likeness (QED) is 0.775. The minimum Gasteiger partial charge on any atom is -0.307 e. The molecule has 0 bridgehead atoms. The lowest BCUT2D eigenvalue weighted by Gasteiger charge is -2.22. The zero-order chi connectivity index (χ0) is 14.8. The van der Waals surface area contributed by atoms with Crippen molar-refractivity contribution in [3.63, 3.8) is 0 Å². The van der Waals surface area contributed by atoms with Gasteiger partial charge in [-0.3, -0.25) is 0 Å². The van der Waals surface area contributed by atoms with E-state index < -0.39 is 0 Å². The zero-order valence-electron chi connectivity index (χ0n) is 12.1. The maximum absolute atomic E-state index is 6.09. The second-order valence-corrected chi connectivity index (χ2v) is 7.05. The summed E-state index contributed by atoms with van der Waals surface area (Å²) in [5.74, 6) is 0. The summed E-state index contributed by atoms with van der Waals surface area (Å²) in [6.07, 6.45) is 3.26. The highest BCUT2D eigenvalue weighted by molar-refractivity contribution is 9.10. The molecule has 1 aliphatic carbocycles. The highest BCUT2D eigenvalue weighted by atomic mass is 79.9. The maximum atomic E-state index is 6.09. The van der Waals surface area contributed by atoms with Crippen LogP contribution in [-0.4, -0.2) is 6.04 Å². The molecule has 0 fully saturated rings. The lowest BCUT2D eigenvalue weighted by molar-refractivity contribution is 0.435. The highest BCUT2D eigenvalue weighted by Crippen LogP contribution is 2.28. The summed E-state index contributed by atoms with van der Waals surface area (Å²) in [5.41, 5.74) is 4.18. The summed E-state index contributed by atoms with van der Waals surface area (Å²) < 4.78 is 1.13. The SMILES string of the molecule is CCC(NC1Cc2ccc(Cl)cc2C1)c1ccc(Br)cc1. The minimum absolute atomic E-state index is 0.410. The monoisotopic (exact) mass is 363 g/mol. The Hall–Kier alpha value is -0.830. The van der Waals surface area contributed by atoms with E-state index in [0.717, 1.165) is 28.8 Å². The van der Waals surface area contributed by atoms with Crippen LogP contribution in [0.25, 0.3) is 0 Å². The minimum atomic E-state index is 0.410. The van der Waals surface area contributed by atoms with Gasteiger partial charge in [0.25, 0.3) is 0 Å². The summed E-state index contributed by atoms with van der Waals surface area (Å²) in [4.78, 5) is 0. The summed E-state index contributed by atoms with van der Waals surface area (Å²) >= 11 is 9.59. The Bertz CT molecular complexity index is 624. The number of benzene rings is 2. The van der Waals surface area contributed by atoms with Crippen molar-refractivity contribution < 1.29 is 0 Å². The number of hydrogen-bond donors (Lipinski definition) is 1. The summed E-state index contributed by atoms with van der Waals surface area (Å²) in [6, 6.07) is 15.8. The van der Waals surface area contributed by atoms with Crippen LogP contribution in [0.2, 0.25) is 5.02 Å². The Balaban J connectivity index is 1.70. The Morgan fingerprint density at radius 1 is 1.14 bits per heavy atom. The van der Waals surface area contributed by atoms with Crippen molar-refractivity contribution >= 4 is 27.5 Å². The smallest absolute Gasteiger partial charge is 0.0408 e. The topological polar surface area (TPSA) is 12.0 Å². The molecule has 1 N–H and O–H groups in total. The van der Waals surface area contributed by atoms with Gasteiger partial charge in [-0.2, -0.15) is 0 Å². The predicted octanol–water partition coefficient (Wildman–Crippen LogP) is 5.31. The molecule has 0 amide bonds. The van der Waals surface area contributed by atoms with E-state index in [1.165, 1.54) is 16.7 Å². The number of hydrogen-bond acceptors (Lipinski definition) is 1. The second kappa shape index (κ2) is 6.51. The molecule has 2 atom stereocenters. The molecule has 110 valence electrons. The van der Waals surface area contributed by atoms with Crippen molar-refractivity contribution in [2.45, 2.75) is 38.3 Å². The van der Waals surface area contributed by atoms with Gasteiger partial charge < -0.3 is 5.32 Å². The third-order valence-corrected chi connectivity index (χ3v) is 4.98. The van der Waals surface area contributed by atoms with Gasteiger partial charge in [0.1, 0.15) is 0 Å². The van der Waals surface area contributed by atoms with Crippen molar-refractivity contribution in [1.82, 2.24) is 5.32 Å². The molecule has 3 rings (SSSR count). The van der Waals surface area contributed by atoms with Crippen LogP contribution in [0, 0.1) is 0 Å². The van der Waals surface area contributed by atoms with Crippen LogP contribution in [0.3, 0.4) is 0 Å². The molecule has 0 spiro atoms. The van der Waals surface area contributed by atoms with Crippen LogP contribution in [0.5, 0.6) is 0 Å². The Labute approximate surface area is 139 Å². The van der Waals surface area contributed by atoms with Crippen molar-refractivity contribution in [3.05, 3.63) is 68.7 Å². The zero-order valence-corrected chi connectivity index (χ0v) is 14.4. The average molecular weight is 365 g/mol. The third-order valence-electron chi connectivity index (χ3n) is 4.22. The van der Waals surface area contributed by atoms with Gasteiger partial charge >= 0.3 is 0 Å². The van der Waals surface area contributed by atoms with Gasteiger partial charge in [0.2, 0.25) is 0 Å². The van der Waals surface area contributed by atoms with Gasteiger partial charge in [-0.05, 0) is 60.2 Å². The van der Waals surface area contributed by atoms with Gasteiger partial charge in [0, 0.05) is 21.6 Å². The Morgan fingerprint density at radius 2 is 1.86 bits per heavy atom. The van der Waals surface area contributed by atoms with Crippen LogP contribution in [0.15, 0.2) is 46.9 Å². The van der Waals surface area contributed by atoms with E-state index in [2.05, 4.69) is 64.6 Å². The van der Waals surface area contributed by atoms with E-state index in [1.807, 2.05) is 6.07 Å². The summed E-state index contributed by atoms with van der Waals surface area (Å²) in [5, 5.41) is 4.65. The van der Waals surface area contributed by atoms with Gasteiger partial charge in [-0.1, -0.05) is 52.7 Å². The number of nitrogens with one attached hydrogen (secondary N) is 1. The first-order chi connectivity index (χ1) is 10.2. The lowest BCUT2D eigenvalue weighted by atomic mass is 10.0. The number of fused-ring (bicyclic) bond motifs is 1. The molecular weight excluding hydrogens is 346 g/mol. The second-order valence-electron chi connectivity index (χ2n) is 5.70. The third kappa shape index (κ3) is 3.50. The lowest BCUT2D eigenvalue weighted by Crippen LogP contribution is -2.33. The molecule has 1 aliphatic rings. The van der Waals surface area contributed by atoms with Crippen LogP contribution in [-0.2, 0) is 12.8 Å². The first kappa shape index (κ1) is 15.1. The normalized spacial score (nSPS) is 18.5. The summed E-state index contributed by atoms with van der Waals surface area (Å²) in [7, 11) is 0. The molecule has 2 aromatic carbocycles. The van der Waals surface area contributed by atoms with Gasteiger partial charge in [-0.25, -0.2) is 0 Å². The van der Waals surface area contributed by atoms with Gasteiger partial charge in [0.05, 0.1) is 0 Å². The fraction of sp³-hybridized carbons (Fsp3) is 0.333. The Kier molecular flexibility index (Phi) is 4.68. The molecule has 2 aromatic rings. The van der Waals surface area contributed by atoms with Crippen molar-refractivity contribution in [3.8, 4) is 0 Å². The predicted molar refractivity (Wildman–Crippen MR) is 93.0 cm³/mol. The van der Waals surface area contributed by atoms with Crippen molar-refractivity contribution in [1.29, 1.82) is 0 Å². The van der Waals surface area contributed by atoms with Crippen molar-refractivity contribution in [2.75, 3.05) is 0 Å². The van der Waals surface area contributed by atoms with Crippen molar-refractivity contribution in [2.24, 2.45) is 0 Å². The first-order valence-electron chi connectivity index (χ1n) is 7.44. The molecule has 0 saturated heterocycles. The fourth-order valence-corrected chi connectivity index (χ4v) is 3.59. The molecule has 0 heterocycles. The van der Waals surface area contributed by atoms with Gasteiger partial charge in [0.15, 0.2) is 0 Å². The molecule has 0 radical (unpaired) electrons. The maximum Gasteiger partial charge on any atom is 0.0408 e. The molecule has 3 heteroatoms. The van der Waals surface area contributed by atoms with E-state index in [1.54, 1.807) is 0 Å². The molecular formula is C18H19BrClN. The molecule has 2 unspecified atom stereocenters. The van der Waals surface area contributed by atoms with E-state index in [-0.39, 0.29) is 0 Å². The van der Waals surface area contributed by atoms with Crippen LogP contribution in [0.4, 0.5) is 0 Å². The van der Waals surface area contributed by atoms with E-state index in [4.69, 9.17) is 11.6 Å². The van der Waals surface area contributed by atoms with E-state index in [9.17, 15) is 0 Å². The summed E-state index contributed by atoms with van der Waals surface area (Å²) in [6.45, 7) is 2.23. The highest BCUT2D eigenvalue weighted by Gasteiger charge is 2.23. The molecule has 0 saturated carbocycles. The fourth-order valence-electron chi connectivity index (χ4n) is 3.13. The molecule has 0 aromatic heterocycles. The van der Waals surface area contributed by atoms with E-state index in [0.29, 0.717) is 12.1 Å². The van der Waals surface area contributed by atoms with Gasteiger partial charge in [-0.15, -0.1) is 0 Å².